The van der Waals surface area contributed by atoms with E-state index in [1.54, 1.807) is 0 Å². The average Bonchev–Trinajstić information content (AvgIpc) is 3.23. The molecule has 2 aliphatic heterocycles. The molecular weight excluding hydrogens is 304 g/mol. The van der Waals surface area contributed by atoms with Gasteiger partial charge in [0.15, 0.2) is 5.82 Å². The third-order valence-electron chi connectivity index (χ3n) is 5.23. The van der Waals surface area contributed by atoms with Crippen molar-refractivity contribution in [1.29, 1.82) is 0 Å². The number of aromatic nitrogens is 3. The highest BCUT2D eigenvalue weighted by Crippen LogP contribution is 2.36. The molecule has 128 valence electrons. The van der Waals surface area contributed by atoms with E-state index in [9.17, 15) is 0 Å². The standard InChI is InChI=1S/C18H24N4O2/c1-12-17(13(2)24-21-12)18-19-8-5-15(20-18)16-4-3-9-22(16)14-6-10-23-11-7-14/h5,8,14,16H,3-4,6-7,9-11H2,1-2H3. The zero-order valence-corrected chi connectivity index (χ0v) is 14.4. The van der Waals surface area contributed by atoms with Crippen LogP contribution in [-0.2, 0) is 4.74 Å². The minimum absolute atomic E-state index is 0.385. The zero-order chi connectivity index (χ0) is 16.5. The highest BCUT2D eigenvalue weighted by molar-refractivity contribution is 5.59. The van der Waals surface area contributed by atoms with Crippen molar-refractivity contribution in [3.05, 3.63) is 29.4 Å². The Kier molecular flexibility index (Phi) is 4.33. The number of aryl methyl sites for hydroxylation is 2. The number of likely N-dealkylation sites (tertiary alicyclic amines) is 1. The van der Waals surface area contributed by atoms with Gasteiger partial charge in [-0.2, -0.15) is 0 Å². The van der Waals surface area contributed by atoms with Crippen LogP contribution in [0.25, 0.3) is 11.4 Å². The summed E-state index contributed by atoms with van der Waals surface area (Å²) in [5, 5.41) is 4.03. The van der Waals surface area contributed by atoms with Crippen LogP contribution in [0.2, 0.25) is 0 Å². The predicted octanol–water partition coefficient (Wildman–Crippen LogP) is 3.06. The van der Waals surface area contributed by atoms with Crippen LogP contribution in [0.15, 0.2) is 16.8 Å². The smallest absolute Gasteiger partial charge is 0.164 e. The van der Waals surface area contributed by atoms with E-state index in [1.165, 1.54) is 6.42 Å². The highest BCUT2D eigenvalue weighted by atomic mass is 16.5. The number of rotatable bonds is 3. The van der Waals surface area contributed by atoms with E-state index in [2.05, 4.69) is 21.1 Å². The maximum absolute atomic E-state index is 5.52. The molecule has 6 heteroatoms. The van der Waals surface area contributed by atoms with Gasteiger partial charge in [-0.15, -0.1) is 0 Å². The molecule has 2 fully saturated rings. The van der Waals surface area contributed by atoms with Gasteiger partial charge in [0.2, 0.25) is 0 Å². The third-order valence-corrected chi connectivity index (χ3v) is 5.23. The second-order valence-electron chi connectivity index (χ2n) is 6.74. The second kappa shape index (κ2) is 6.61. The Morgan fingerprint density at radius 3 is 2.75 bits per heavy atom. The van der Waals surface area contributed by atoms with Crippen LogP contribution in [0.5, 0.6) is 0 Å². The van der Waals surface area contributed by atoms with Crippen LogP contribution in [0, 0.1) is 13.8 Å². The van der Waals surface area contributed by atoms with Gasteiger partial charge in [-0.1, -0.05) is 5.16 Å². The second-order valence-corrected chi connectivity index (χ2v) is 6.74. The topological polar surface area (TPSA) is 64.3 Å². The SMILES string of the molecule is Cc1noc(C)c1-c1nccc(C2CCCN2C2CCOCC2)n1. The van der Waals surface area contributed by atoms with Crippen LogP contribution in [-0.4, -0.2) is 45.8 Å². The van der Waals surface area contributed by atoms with Crippen LogP contribution in [0.4, 0.5) is 0 Å². The van der Waals surface area contributed by atoms with E-state index < -0.39 is 0 Å². The fraction of sp³-hybridized carbons (Fsp3) is 0.611. The van der Waals surface area contributed by atoms with Crippen LogP contribution >= 0.6 is 0 Å². The van der Waals surface area contributed by atoms with Crippen LogP contribution in [0.1, 0.15) is 48.9 Å². The molecular formula is C18H24N4O2. The van der Waals surface area contributed by atoms with Gasteiger partial charge in [-0.25, -0.2) is 9.97 Å². The van der Waals surface area contributed by atoms with E-state index in [1.807, 2.05) is 20.0 Å². The monoisotopic (exact) mass is 328 g/mol. The van der Waals surface area contributed by atoms with Crippen molar-refractivity contribution in [2.45, 2.75) is 51.6 Å². The lowest BCUT2D eigenvalue weighted by atomic mass is 10.0. The molecule has 0 amide bonds. The number of ether oxygens (including phenoxy) is 1. The molecule has 0 spiro atoms. The summed E-state index contributed by atoms with van der Waals surface area (Å²) < 4.78 is 10.8. The molecule has 0 aliphatic carbocycles. The van der Waals surface area contributed by atoms with Crippen LogP contribution in [0.3, 0.4) is 0 Å². The van der Waals surface area contributed by atoms with Gasteiger partial charge in [-0.3, -0.25) is 4.90 Å². The Labute approximate surface area is 142 Å². The van der Waals surface area contributed by atoms with Gasteiger partial charge in [0.25, 0.3) is 0 Å². The molecule has 0 radical (unpaired) electrons. The quantitative estimate of drug-likeness (QED) is 0.863. The fourth-order valence-electron chi connectivity index (χ4n) is 4.04. The first-order chi connectivity index (χ1) is 11.7. The van der Waals surface area contributed by atoms with Gasteiger partial charge in [0.05, 0.1) is 23.0 Å². The van der Waals surface area contributed by atoms with E-state index >= 15 is 0 Å². The van der Waals surface area contributed by atoms with Crippen LogP contribution < -0.4 is 0 Å². The minimum Gasteiger partial charge on any atom is -0.381 e. The van der Waals surface area contributed by atoms with E-state index in [4.69, 9.17) is 14.2 Å². The highest BCUT2D eigenvalue weighted by Gasteiger charge is 2.33. The average molecular weight is 328 g/mol. The summed E-state index contributed by atoms with van der Waals surface area (Å²) in [7, 11) is 0. The molecule has 4 rings (SSSR count). The van der Waals surface area contributed by atoms with Gasteiger partial charge >= 0.3 is 0 Å². The molecule has 2 saturated heterocycles. The Balaban J connectivity index is 1.63. The lowest BCUT2D eigenvalue weighted by Crippen LogP contribution is -2.39. The Morgan fingerprint density at radius 1 is 1.17 bits per heavy atom. The lowest BCUT2D eigenvalue weighted by molar-refractivity contribution is 0.0285. The molecule has 6 nitrogen and oxygen atoms in total. The van der Waals surface area contributed by atoms with Crippen molar-refractivity contribution in [2.24, 2.45) is 0 Å². The molecule has 0 aromatic carbocycles. The largest absolute Gasteiger partial charge is 0.381 e. The maximum Gasteiger partial charge on any atom is 0.164 e. The lowest BCUT2D eigenvalue weighted by Gasteiger charge is -2.35. The number of hydrogen-bond donors (Lipinski definition) is 0. The number of nitrogens with zero attached hydrogens (tertiary/aromatic N) is 4. The first kappa shape index (κ1) is 15.7. The summed E-state index contributed by atoms with van der Waals surface area (Å²) in [6, 6.07) is 3.06. The Morgan fingerprint density at radius 2 is 2.00 bits per heavy atom. The summed E-state index contributed by atoms with van der Waals surface area (Å²) in [6.07, 6.45) is 6.50. The summed E-state index contributed by atoms with van der Waals surface area (Å²) in [4.78, 5) is 12.0. The molecule has 2 aliphatic rings. The molecule has 1 atom stereocenters. The molecule has 0 N–H and O–H groups in total. The van der Waals surface area contributed by atoms with Crippen molar-refractivity contribution >= 4 is 0 Å². The normalized spacial score (nSPS) is 23.0. The summed E-state index contributed by atoms with van der Waals surface area (Å²) in [5.74, 6) is 1.50. The molecule has 2 aromatic heterocycles. The van der Waals surface area contributed by atoms with Gasteiger partial charge in [0.1, 0.15) is 5.76 Å². The van der Waals surface area contributed by atoms with Gasteiger partial charge in [0, 0.05) is 25.5 Å². The third kappa shape index (κ3) is 2.84. The van der Waals surface area contributed by atoms with Crippen molar-refractivity contribution in [3.8, 4) is 11.4 Å². The molecule has 2 aromatic rings. The van der Waals surface area contributed by atoms with Crippen molar-refractivity contribution < 1.29 is 9.26 Å². The van der Waals surface area contributed by atoms with Crippen molar-refractivity contribution in [2.75, 3.05) is 19.8 Å². The predicted molar refractivity (Wildman–Crippen MR) is 89.5 cm³/mol. The first-order valence-electron chi connectivity index (χ1n) is 8.83. The Bertz CT molecular complexity index is 689. The molecule has 0 bridgehead atoms. The van der Waals surface area contributed by atoms with E-state index in [0.29, 0.717) is 12.1 Å². The summed E-state index contributed by atoms with van der Waals surface area (Å²) in [6.45, 7) is 6.75. The van der Waals surface area contributed by atoms with Crippen molar-refractivity contribution in [3.63, 3.8) is 0 Å². The molecule has 24 heavy (non-hydrogen) atoms. The summed E-state index contributed by atoms with van der Waals surface area (Å²) in [5.41, 5.74) is 2.88. The molecule has 1 unspecified atom stereocenters. The maximum atomic E-state index is 5.52. The summed E-state index contributed by atoms with van der Waals surface area (Å²) >= 11 is 0. The van der Waals surface area contributed by atoms with Crippen molar-refractivity contribution in [1.82, 2.24) is 20.0 Å². The zero-order valence-electron chi connectivity index (χ0n) is 14.4. The fourth-order valence-corrected chi connectivity index (χ4v) is 4.04. The molecule has 4 heterocycles. The van der Waals surface area contributed by atoms with E-state index in [-0.39, 0.29) is 0 Å². The minimum atomic E-state index is 0.385. The van der Waals surface area contributed by atoms with Gasteiger partial charge < -0.3 is 9.26 Å². The molecule has 0 saturated carbocycles. The first-order valence-corrected chi connectivity index (χ1v) is 8.83. The van der Waals surface area contributed by atoms with E-state index in [0.717, 1.165) is 67.6 Å². The van der Waals surface area contributed by atoms with Gasteiger partial charge in [-0.05, 0) is 52.1 Å². The number of hydrogen-bond acceptors (Lipinski definition) is 6. The Hall–Kier alpha value is -1.79.